The first-order chi connectivity index (χ1) is 12.4. The van der Waals surface area contributed by atoms with Gasteiger partial charge in [0.05, 0.1) is 4.90 Å². The van der Waals surface area contributed by atoms with Crippen molar-refractivity contribution in [3.63, 3.8) is 0 Å². The van der Waals surface area contributed by atoms with Crippen molar-refractivity contribution in [3.05, 3.63) is 59.4 Å². The molecule has 1 saturated heterocycles. The Morgan fingerprint density at radius 1 is 0.962 bits per heavy atom. The van der Waals surface area contributed by atoms with Gasteiger partial charge in [-0.15, -0.1) is 0 Å². The largest absolute Gasteiger partial charge is 0.369 e. The second-order valence-corrected chi connectivity index (χ2v) is 8.36. The maximum atomic E-state index is 13.0. The van der Waals surface area contributed by atoms with Gasteiger partial charge in [-0.2, -0.15) is 0 Å². The number of hydrogen-bond donors (Lipinski definition) is 1. The van der Waals surface area contributed by atoms with Gasteiger partial charge >= 0.3 is 0 Å². The summed E-state index contributed by atoms with van der Waals surface area (Å²) in [4.78, 5) is 4.63. The number of halogens is 2. The Bertz CT molecular complexity index is 821. The molecule has 2 aromatic rings. The maximum absolute atomic E-state index is 13.0. The number of benzene rings is 2. The molecule has 0 aliphatic carbocycles. The molecule has 0 spiro atoms. The molecule has 26 heavy (non-hydrogen) atoms. The van der Waals surface area contributed by atoms with E-state index in [1.165, 1.54) is 24.3 Å². The Morgan fingerprint density at radius 2 is 1.58 bits per heavy atom. The SMILES string of the molecule is O=S(=O)(NCCN1CCN(c2ccc(F)cc2)CC1)c1ccc(Cl)cc1. The summed E-state index contributed by atoms with van der Waals surface area (Å²) in [7, 11) is -3.52. The van der Waals surface area contributed by atoms with Gasteiger partial charge in [-0.05, 0) is 48.5 Å². The molecule has 2 aromatic carbocycles. The first kappa shape index (κ1) is 19.1. The van der Waals surface area contributed by atoms with E-state index in [0.717, 1.165) is 31.9 Å². The minimum absolute atomic E-state index is 0.211. The van der Waals surface area contributed by atoms with Crippen molar-refractivity contribution in [1.82, 2.24) is 9.62 Å². The van der Waals surface area contributed by atoms with Crippen LogP contribution in [-0.4, -0.2) is 52.6 Å². The number of nitrogens with zero attached hydrogens (tertiary/aromatic N) is 2. The van der Waals surface area contributed by atoms with E-state index >= 15 is 0 Å². The standard InChI is InChI=1S/C18H21ClFN3O2S/c19-15-1-7-18(8-2-15)26(24,25)21-9-10-22-11-13-23(14-12-22)17-5-3-16(20)4-6-17/h1-8,21H,9-14H2. The van der Waals surface area contributed by atoms with Crippen molar-refractivity contribution in [3.8, 4) is 0 Å². The van der Waals surface area contributed by atoms with Crippen LogP contribution >= 0.6 is 11.6 Å². The van der Waals surface area contributed by atoms with Gasteiger partial charge in [0, 0.05) is 50.0 Å². The highest BCUT2D eigenvalue weighted by Crippen LogP contribution is 2.17. The minimum atomic E-state index is -3.52. The van der Waals surface area contributed by atoms with E-state index in [-0.39, 0.29) is 10.7 Å². The summed E-state index contributed by atoms with van der Waals surface area (Å²) in [5.41, 5.74) is 1.01. The molecule has 1 aliphatic rings. The summed E-state index contributed by atoms with van der Waals surface area (Å²) in [5.74, 6) is -0.236. The van der Waals surface area contributed by atoms with Gasteiger partial charge in [0.25, 0.3) is 0 Å². The zero-order chi connectivity index (χ0) is 18.6. The Morgan fingerprint density at radius 3 is 2.19 bits per heavy atom. The molecular formula is C18H21ClFN3O2S. The third-order valence-electron chi connectivity index (χ3n) is 4.41. The Hall–Kier alpha value is -1.67. The average molecular weight is 398 g/mol. The zero-order valence-electron chi connectivity index (χ0n) is 14.2. The fraction of sp³-hybridized carbons (Fsp3) is 0.333. The summed E-state index contributed by atoms with van der Waals surface area (Å²) in [6, 6.07) is 12.6. The molecule has 1 aliphatic heterocycles. The molecule has 1 fully saturated rings. The molecular weight excluding hydrogens is 377 g/mol. The molecule has 140 valence electrons. The molecule has 0 saturated carbocycles. The molecule has 0 bridgehead atoms. The van der Waals surface area contributed by atoms with Crippen molar-refractivity contribution in [2.24, 2.45) is 0 Å². The summed E-state index contributed by atoms with van der Waals surface area (Å²) < 4.78 is 40.1. The fourth-order valence-electron chi connectivity index (χ4n) is 2.92. The molecule has 0 amide bonds. The van der Waals surface area contributed by atoms with Gasteiger partial charge in [0.15, 0.2) is 0 Å². The predicted molar refractivity (Wildman–Crippen MR) is 102 cm³/mol. The number of rotatable bonds is 6. The van der Waals surface area contributed by atoms with E-state index in [0.29, 0.717) is 18.1 Å². The van der Waals surface area contributed by atoms with Gasteiger partial charge < -0.3 is 4.90 Å². The fourth-order valence-corrected chi connectivity index (χ4v) is 4.06. The Balaban J connectivity index is 1.45. The lowest BCUT2D eigenvalue weighted by molar-refractivity contribution is 0.262. The van der Waals surface area contributed by atoms with Crippen LogP contribution in [0.3, 0.4) is 0 Å². The lowest BCUT2D eigenvalue weighted by atomic mass is 10.2. The third kappa shape index (κ3) is 4.94. The van der Waals surface area contributed by atoms with Crippen LogP contribution in [0.4, 0.5) is 10.1 Å². The molecule has 1 heterocycles. The molecule has 0 aromatic heterocycles. The zero-order valence-corrected chi connectivity index (χ0v) is 15.8. The predicted octanol–water partition coefficient (Wildman–Crippen LogP) is 2.58. The van der Waals surface area contributed by atoms with E-state index in [4.69, 9.17) is 11.6 Å². The number of anilines is 1. The molecule has 3 rings (SSSR count). The Kier molecular flexibility index (Phi) is 6.13. The summed E-state index contributed by atoms with van der Waals surface area (Å²) >= 11 is 5.79. The van der Waals surface area contributed by atoms with E-state index in [9.17, 15) is 12.8 Å². The maximum Gasteiger partial charge on any atom is 0.240 e. The summed E-state index contributed by atoms with van der Waals surface area (Å²) in [5, 5.41) is 0.503. The average Bonchev–Trinajstić information content (AvgIpc) is 2.63. The van der Waals surface area contributed by atoms with E-state index in [1.807, 2.05) is 0 Å². The van der Waals surface area contributed by atoms with Crippen LogP contribution in [0.2, 0.25) is 5.02 Å². The van der Waals surface area contributed by atoms with E-state index < -0.39 is 10.0 Å². The van der Waals surface area contributed by atoms with Crippen LogP contribution in [0.15, 0.2) is 53.4 Å². The minimum Gasteiger partial charge on any atom is -0.369 e. The first-order valence-corrected chi connectivity index (χ1v) is 10.3. The van der Waals surface area contributed by atoms with Crippen LogP contribution in [0.25, 0.3) is 0 Å². The number of sulfonamides is 1. The van der Waals surface area contributed by atoms with Crippen molar-refractivity contribution < 1.29 is 12.8 Å². The highest BCUT2D eigenvalue weighted by molar-refractivity contribution is 7.89. The van der Waals surface area contributed by atoms with Crippen LogP contribution in [0.1, 0.15) is 0 Å². The summed E-state index contributed by atoms with van der Waals surface area (Å²) in [6.07, 6.45) is 0. The van der Waals surface area contributed by atoms with Gasteiger partial charge in [-0.25, -0.2) is 17.5 Å². The third-order valence-corrected chi connectivity index (χ3v) is 6.14. The molecule has 0 atom stereocenters. The molecule has 8 heteroatoms. The van der Waals surface area contributed by atoms with Crippen molar-refractivity contribution in [2.45, 2.75) is 4.90 Å². The van der Waals surface area contributed by atoms with Crippen LogP contribution in [0.5, 0.6) is 0 Å². The molecule has 5 nitrogen and oxygen atoms in total. The van der Waals surface area contributed by atoms with E-state index in [2.05, 4.69) is 14.5 Å². The number of nitrogens with one attached hydrogen (secondary N) is 1. The monoisotopic (exact) mass is 397 g/mol. The molecule has 0 unspecified atom stereocenters. The Labute approximate surface area is 158 Å². The van der Waals surface area contributed by atoms with Gasteiger partial charge in [-0.3, -0.25) is 4.90 Å². The van der Waals surface area contributed by atoms with Crippen molar-refractivity contribution >= 4 is 27.3 Å². The van der Waals surface area contributed by atoms with Gasteiger partial charge in [0.1, 0.15) is 5.82 Å². The van der Waals surface area contributed by atoms with Crippen LogP contribution in [0, 0.1) is 5.82 Å². The van der Waals surface area contributed by atoms with Crippen LogP contribution < -0.4 is 9.62 Å². The smallest absolute Gasteiger partial charge is 0.240 e. The second kappa shape index (κ2) is 8.35. The normalized spacial score (nSPS) is 16.0. The van der Waals surface area contributed by atoms with Crippen molar-refractivity contribution in [2.75, 3.05) is 44.2 Å². The highest BCUT2D eigenvalue weighted by atomic mass is 35.5. The van der Waals surface area contributed by atoms with E-state index in [1.54, 1.807) is 24.3 Å². The molecule has 1 N–H and O–H groups in total. The van der Waals surface area contributed by atoms with Gasteiger partial charge in [-0.1, -0.05) is 11.6 Å². The lowest BCUT2D eigenvalue weighted by Crippen LogP contribution is -2.48. The van der Waals surface area contributed by atoms with Crippen LogP contribution in [-0.2, 0) is 10.0 Å². The molecule has 0 radical (unpaired) electrons. The second-order valence-electron chi connectivity index (χ2n) is 6.16. The quantitative estimate of drug-likeness (QED) is 0.814. The topological polar surface area (TPSA) is 52.7 Å². The summed E-state index contributed by atoms with van der Waals surface area (Å²) in [6.45, 7) is 4.32. The number of piperazine rings is 1. The first-order valence-electron chi connectivity index (χ1n) is 8.42. The van der Waals surface area contributed by atoms with Crippen molar-refractivity contribution in [1.29, 1.82) is 0 Å². The number of hydrogen-bond acceptors (Lipinski definition) is 4. The lowest BCUT2D eigenvalue weighted by Gasteiger charge is -2.36. The van der Waals surface area contributed by atoms with Gasteiger partial charge in [0.2, 0.25) is 10.0 Å². The highest BCUT2D eigenvalue weighted by Gasteiger charge is 2.18.